The third kappa shape index (κ3) is 6.63. The molecule has 0 bridgehead atoms. The average Bonchev–Trinajstić information content (AvgIpc) is 2.90. The number of aryl methyl sites for hydroxylation is 1. The van der Waals surface area contributed by atoms with Crippen LogP contribution in [0.4, 0.5) is 4.39 Å². The first-order chi connectivity index (χ1) is 18.2. The molecular weight excluding hydrogens is 507 g/mol. The number of carboxylic acid groups (broad SMARTS) is 1. The first kappa shape index (κ1) is 27.8. The van der Waals surface area contributed by atoms with Crippen molar-refractivity contribution in [1.82, 2.24) is 9.88 Å². The van der Waals surface area contributed by atoms with Crippen LogP contribution in [0.2, 0.25) is 5.02 Å². The van der Waals surface area contributed by atoms with Crippen molar-refractivity contribution in [2.24, 2.45) is 5.41 Å². The number of pyridine rings is 1. The van der Waals surface area contributed by atoms with Crippen LogP contribution in [0.1, 0.15) is 54.9 Å². The maximum Gasteiger partial charge on any atom is 0.303 e. The molecule has 0 unspecified atom stereocenters. The highest BCUT2D eigenvalue weighted by atomic mass is 35.5. The number of halogens is 2. The number of benzene rings is 2. The highest BCUT2D eigenvalue weighted by Gasteiger charge is 2.37. The SMILES string of the molecule is COc1ccc2ncc(Cl)c([C@@H](O)CCC3(CC(=O)O)CCN(CC#Cc4ccc(C)c(F)c4)CC3)c2c1. The number of likely N-dealkylation sites (tertiary alicyclic amines) is 1. The van der Waals surface area contributed by atoms with Gasteiger partial charge in [-0.2, -0.15) is 0 Å². The second-order valence-electron chi connectivity index (χ2n) is 10.1. The van der Waals surface area contributed by atoms with Gasteiger partial charge in [-0.15, -0.1) is 0 Å². The molecule has 8 heteroatoms. The summed E-state index contributed by atoms with van der Waals surface area (Å²) in [6, 6.07) is 10.4. The number of rotatable bonds is 8. The van der Waals surface area contributed by atoms with E-state index in [1.54, 1.807) is 32.2 Å². The Morgan fingerprint density at radius 1 is 1.26 bits per heavy atom. The summed E-state index contributed by atoms with van der Waals surface area (Å²) in [5, 5.41) is 21.9. The van der Waals surface area contributed by atoms with Gasteiger partial charge >= 0.3 is 5.97 Å². The number of carbonyl (C=O) groups is 1. The van der Waals surface area contributed by atoms with Gasteiger partial charge in [0.25, 0.3) is 0 Å². The van der Waals surface area contributed by atoms with Crippen molar-refractivity contribution in [3.63, 3.8) is 0 Å². The average molecular weight is 539 g/mol. The Labute approximate surface area is 227 Å². The Balaban J connectivity index is 1.42. The third-order valence-corrected chi connectivity index (χ3v) is 7.80. The predicted octanol–water partition coefficient (Wildman–Crippen LogP) is 5.77. The lowest BCUT2D eigenvalue weighted by molar-refractivity contribution is -0.141. The zero-order chi connectivity index (χ0) is 27.3. The Hall–Kier alpha value is -3.18. The molecule has 0 radical (unpaired) electrons. The zero-order valence-electron chi connectivity index (χ0n) is 21.6. The molecule has 1 aliphatic rings. The molecule has 2 aromatic carbocycles. The maximum absolute atomic E-state index is 13.8. The molecule has 6 nitrogen and oxygen atoms in total. The molecule has 1 fully saturated rings. The van der Waals surface area contributed by atoms with E-state index in [0.717, 1.165) is 5.39 Å². The number of aromatic nitrogens is 1. The number of aliphatic carboxylic acids is 1. The summed E-state index contributed by atoms with van der Waals surface area (Å²) in [5.74, 6) is 5.66. The van der Waals surface area contributed by atoms with Gasteiger partial charge in [-0.3, -0.25) is 14.7 Å². The van der Waals surface area contributed by atoms with Crippen molar-refractivity contribution in [1.29, 1.82) is 0 Å². The number of hydrogen-bond acceptors (Lipinski definition) is 5. The molecule has 2 heterocycles. The zero-order valence-corrected chi connectivity index (χ0v) is 22.4. The van der Waals surface area contributed by atoms with E-state index < -0.39 is 17.5 Å². The van der Waals surface area contributed by atoms with Crippen LogP contribution < -0.4 is 4.74 Å². The normalized spacial score (nSPS) is 16.0. The second-order valence-corrected chi connectivity index (χ2v) is 10.5. The van der Waals surface area contributed by atoms with E-state index in [1.165, 1.54) is 12.3 Å². The molecule has 0 spiro atoms. The van der Waals surface area contributed by atoms with Gasteiger partial charge in [-0.05, 0) is 87.0 Å². The number of methoxy groups -OCH3 is 1. The molecule has 1 saturated heterocycles. The van der Waals surface area contributed by atoms with E-state index >= 15 is 0 Å². The smallest absolute Gasteiger partial charge is 0.303 e. The van der Waals surface area contributed by atoms with Crippen molar-refractivity contribution in [3.8, 4) is 17.6 Å². The van der Waals surface area contributed by atoms with Gasteiger partial charge in [0.05, 0.1) is 36.7 Å². The van der Waals surface area contributed by atoms with Crippen LogP contribution in [0.15, 0.2) is 42.6 Å². The van der Waals surface area contributed by atoms with Crippen molar-refractivity contribution in [2.45, 2.75) is 45.1 Å². The summed E-state index contributed by atoms with van der Waals surface area (Å²) in [6.07, 6.45) is 3.00. The standard InChI is InChI=1S/C30H32ClFN2O4/c1-20-5-6-21(16-25(20)32)4-3-13-34-14-11-30(12-15-34,18-28(36)37)10-9-27(35)29-23-17-22(38-2)7-8-26(23)33-19-24(29)31/h5-8,16-17,19,27,35H,9-15,18H2,1-2H3,(H,36,37)/t27-/m0/s1. The Morgan fingerprint density at radius 2 is 2.03 bits per heavy atom. The lowest BCUT2D eigenvalue weighted by Crippen LogP contribution is -2.41. The molecule has 0 aliphatic carbocycles. The summed E-state index contributed by atoms with van der Waals surface area (Å²) in [6.45, 7) is 3.66. The molecule has 1 aliphatic heterocycles. The molecule has 2 N–H and O–H groups in total. The van der Waals surface area contributed by atoms with Gasteiger partial charge in [0, 0.05) is 22.7 Å². The van der Waals surface area contributed by atoms with Gasteiger partial charge < -0.3 is 14.9 Å². The minimum atomic E-state index is -0.871. The number of fused-ring (bicyclic) bond motifs is 1. The number of hydrogen-bond donors (Lipinski definition) is 2. The third-order valence-electron chi connectivity index (χ3n) is 7.50. The summed E-state index contributed by atoms with van der Waals surface area (Å²) >= 11 is 6.46. The number of aliphatic hydroxyl groups excluding tert-OH is 1. The van der Waals surface area contributed by atoms with E-state index in [1.807, 2.05) is 12.1 Å². The largest absolute Gasteiger partial charge is 0.497 e. The summed E-state index contributed by atoms with van der Waals surface area (Å²) in [7, 11) is 1.57. The molecule has 38 heavy (non-hydrogen) atoms. The summed E-state index contributed by atoms with van der Waals surface area (Å²) in [4.78, 5) is 18.3. The van der Waals surface area contributed by atoms with Gasteiger partial charge in [0.2, 0.25) is 0 Å². The Bertz CT molecular complexity index is 1380. The summed E-state index contributed by atoms with van der Waals surface area (Å²) in [5.41, 5.74) is 2.09. The first-order valence-electron chi connectivity index (χ1n) is 12.7. The van der Waals surface area contributed by atoms with Crippen LogP contribution >= 0.6 is 11.6 Å². The monoisotopic (exact) mass is 538 g/mol. The molecule has 0 amide bonds. The molecule has 0 saturated carbocycles. The van der Waals surface area contributed by atoms with Crippen molar-refractivity contribution in [3.05, 3.63) is 70.1 Å². The van der Waals surface area contributed by atoms with E-state index in [-0.39, 0.29) is 12.2 Å². The van der Waals surface area contributed by atoms with Crippen LogP contribution in [0.3, 0.4) is 0 Å². The maximum atomic E-state index is 13.8. The quantitative estimate of drug-likeness (QED) is 0.354. The molecule has 3 aromatic rings. The highest BCUT2D eigenvalue weighted by molar-refractivity contribution is 6.32. The van der Waals surface area contributed by atoms with Crippen LogP contribution in [0, 0.1) is 30.0 Å². The lowest BCUT2D eigenvalue weighted by atomic mass is 9.71. The van der Waals surface area contributed by atoms with Crippen LogP contribution in [0.5, 0.6) is 5.75 Å². The van der Waals surface area contributed by atoms with Crippen LogP contribution in [0.25, 0.3) is 10.9 Å². The molecule has 4 rings (SSSR count). The number of carboxylic acids is 1. The predicted molar refractivity (Wildman–Crippen MR) is 146 cm³/mol. The fourth-order valence-electron chi connectivity index (χ4n) is 5.17. The Kier molecular flexibility index (Phi) is 8.88. The fourth-order valence-corrected chi connectivity index (χ4v) is 5.44. The van der Waals surface area contributed by atoms with Crippen molar-refractivity contribution < 1.29 is 24.1 Å². The minimum Gasteiger partial charge on any atom is -0.497 e. The van der Waals surface area contributed by atoms with E-state index in [4.69, 9.17) is 16.3 Å². The fraction of sp³-hybridized carbons (Fsp3) is 0.400. The number of ether oxygens (including phenoxy) is 1. The van der Waals surface area contributed by atoms with Gasteiger partial charge in [0.15, 0.2) is 0 Å². The lowest BCUT2D eigenvalue weighted by Gasteiger charge is -2.41. The van der Waals surface area contributed by atoms with E-state index in [9.17, 15) is 19.4 Å². The molecular formula is C30H32ClFN2O4. The van der Waals surface area contributed by atoms with Crippen molar-refractivity contribution in [2.75, 3.05) is 26.7 Å². The topological polar surface area (TPSA) is 82.9 Å². The second kappa shape index (κ2) is 12.1. The highest BCUT2D eigenvalue weighted by Crippen LogP contribution is 2.43. The summed E-state index contributed by atoms with van der Waals surface area (Å²) < 4.78 is 19.1. The van der Waals surface area contributed by atoms with E-state index in [2.05, 4.69) is 21.7 Å². The van der Waals surface area contributed by atoms with Crippen molar-refractivity contribution >= 4 is 28.5 Å². The number of nitrogens with zero attached hydrogens (tertiary/aromatic N) is 2. The number of piperidine rings is 1. The van der Waals surface area contributed by atoms with E-state index in [0.29, 0.717) is 78.3 Å². The molecule has 1 atom stereocenters. The van der Waals surface area contributed by atoms with Crippen LogP contribution in [-0.2, 0) is 4.79 Å². The first-order valence-corrected chi connectivity index (χ1v) is 13.1. The minimum absolute atomic E-state index is 0.0422. The van der Waals surface area contributed by atoms with Gasteiger partial charge in [0.1, 0.15) is 11.6 Å². The van der Waals surface area contributed by atoms with Crippen LogP contribution in [-0.4, -0.2) is 52.8 Å². The van der Waals surface area contributed by atoms with Gasteiger partial charge in [-0.25, -0.2) is 4.39 Å². The Morgan fingerprint density at radius 3 is 2.71 bits per heavy atom. The number of aliphatic hydroxyl groups is 1. The molecule has 200 valence electrons. The molecule has 1 aromatic heterocycles. The van der Waals surface area contributed by atoms with Gasteiger partial charge in [-0.1, -0.05) is 29.5 Å².